The fraction of sp³-hybridized carbons (Fsp3) is 0.257. The summed E-state index contributed by atoms with van der Waals surface area (Å²) in [7, 11) is 8.74. The van der Waals surface area contributed by atoms with Crippen LogP contribution >= 0.6 is 50.8 Å². The third-order valence-electron chi connectivity index (χ3n) is 14.2. The van der Waals surface area contributed by atoms with Crippen LogP contribution in [0.3, 0.4) is 0 Å². The first-order chi connectivity index (χ1) is 38.6. The minimum atomic E-state index is -1.85. The van der Waals surface area contributed by atoms with Crippen LogP contribution in [-0.4, -0.2) is 28.6 Å². The number of rotatable bonds is 17. The van der Waals surface area contributed by atoms with E-state index in [1.165, 1.54) is 81.5 Å². The molecular weight excluding hydrogens is 1310 g/mol. The zero-order valence-electron chi connectivity index (χ0n) is 46.4. The second-order valence-corrected chi connectivity index (χ2v) is 40.7. The van der Waals surface area contributed by atoms with Gasteiger partial charge in [0.1, 0.15) is 0 Å². The number of fused-ring (bicyclic) bond motifs is 2. The van der Waals surface area contributed by atoms with Crippen molar-refractivity contribution in [1.29, 1.82) is 0 Å². The Kier molecular flexibility index (Phi) is 32.2. The molecule has 9 heteroatoms. The molecule has 2 nitrogen and oxygen atoms in total. The summed E-state index contributed by atoms with van der Waals surface area (Å²) in [4.78, 5) is 0. The van der Waals surface area contributed by atoms with Crippen LogP contribution < -0.4 is 31.8 Å². The van der Waals surface area contributed by atoms with Gasteiger partial charge >= 0.3 is 137 Å². The third kappa shape index (κ3) is 22.3. The number of aliphatic hydroxyl groups is 2. The molecule has 0 radical (unpaired) electrons. The molecule has 0 saturated heterocycles. The second-order valence-electron chi connectivity index (χ2n) is 19.7. The molecule has 418 valence electrons. The molecule has 0 bridgehead atoms. The van der Waals surface area contributed by atoms with Gasteiger partial charge in [-0.25, -0.2) is 0 Å². The normalized spacial score (nSPS) is 13.7. The maximum Gasteiger partial charge on any atom is -0.0134 e. The van der Waals surface area contributed by atoms with Gasteiger partial charge in [-0.2, -0.15) is 0 Å². The molecule has 2 aliphatic carbocycles. The molecule has 0 aromatic heterocycles. The Morgan fingerprint density at radius 3 is 1.05 bits per heavy atom. The molecule has 0 unspecified atom stereocenters. The number of unbranched alkanes of at least 4 members (excludes halogenated alkanes) is 3. The second kappa shape index (κ2) is 38.3. The van der Waals surface area contributed by atoms with E-state index in [2.05, 4.69) is 248 Å². The summed E-state index contributed by atoms with van der Waals surface area (Å²) in [6.45, 7) is 14.8. The first-order valence-electron chi connectivity index (χ1n) is 27.9. The largest absolute Gasteiger partial charge is 0.0622 e. The van der Waals surface area contributed by atoms with E-state index >= 15 is 0 Å². The average molecular weight is 1390 g/mol. The van der Waals surface area contributed by atoms with Crippen molar-refractivity contribution >= 4 is 107 Å². The zero-order valence-corrected chi connectivity index (χ0v) is 55.7. The quantitative estimate of drug-likeness (QED) is 0.0705. The molecule has 0 heterocycles. The van der Waals surface area contributed by atoms with Gasteiger partial charge in [0, 0.05) is 4.47 Å². The molecule has 2 aliphatic rings. The maximum absolute atomic E-state index is 9.57. The van der Waals surface area contributed by atoms with E-state index < -0.39 is 34.2 Å². The monoisotopic (exact) mass is 1390 g/mol. The van der Waals surface area contributed by atoms with Crippen LogP contribution in [0.5, 0.6) is 0 Å². The smallest absolute Gasteiger partial charge is 0.0134 e. The van der Waals surface area contributed by atoms with E-state index in [1.807, 2.05) is 30.3 Å². The minimum Gasteiger partial charge on any atom is -0.0622 e. The standard InChI is InChI=1S/2C18H15P.C11H12O.C9H9BrO.3C4H9.C2H3.2ClH.Pd.Sn/c2*1-4-10-16(11-5-1)19(17-12-6-2-7-13-17)18-14-8-3-9-15-18;1-2-8-3-4-9-5-6-11(12)10(9)7-8;10-7-3-1-6-2-4-9(11)8(6)5-7;3*1-3-4-2;1-2;;;;/h2*1-15H;2-4,7,11-12H,1,5-6H2;1,3,5,9,11H,2,4H2;3*1,3-4H2,2H3;1H,2H2;2*1H;;/q;;;;;;;;;;+2;/p-2/t;;11-;9-;;;;;;;;/m..11......../s1. The van der Waals surface area contributed by atoms with E-state index in [1.54, 1.807) is 13.3 Å². The van der Waals surface area contributed by atoms with E-state index in [0.29, 0.717) is 0 Å². The number of halogens is 3. The minimum absolute atomic E-state index is 0.106. The molecular formula is C70H81BrCl2O2P2PdSn. The third-order valence-corrected chi connectivity index (χ3v) is 33.6. The van der Waals surface area contributed by atoms with Crippen molar-refractivity contribution in [3.05, 3.63) is 268 Å². The number of hydrogen-bond acceptors (Lipinski definition) is 2. The predicted octanol–water partition coefficient (Wildman–Crippen LogP) is 18.6. The number of aryl methyl sites for hydroxylation is 2. The first kappa shape index (κ1) is 66.3. The molecule has 2 atom stereocenters. The predicted molar refractivity (Wildman–Crippen MR) is 354 cm³/mol. The fourth-order valence-electron chi connectivity index (χ4n) is 9.90. The molecule has 2 N–H and O–H groups in total. The average Bonchev–Trinajstić information content (AvgIpc) is 4.12. The van der Waals surface area contributed by atoms with Gasteiger partial charge in [-0.3, -0.25) is 0 Å². The van der Waals surface area contributed by atoms with Crippen molar-refractivity contribution in [2.75, 3.05) is 0 Å². The van der Waals surface area contributed by atoms with E-state index in [9.17, 15) is 10.2 Å². The fourth-order valence-corrected chi connectivity index (χ4v) is 27.8. The Labute approximate surface area is 506 Å². The number of benzene rings is 8. The van der Waals surface area contributed by atoms with Crippen LogP contribution in [0.2, 0.25) is 13.3 Å². The van der Waals surface area contributed by atoms with E-state index in [4.69, 9.17) is 19.1 Å². The van der Waals surface area contributed by atoms with Crippen molar-refractivity contribution in [3.8, 4) is 0 Å². The van der Waals surface area contributed by atoms with Gasteiger partial charge in [-0.05, 0) is 119 Å². The van der Waals surface area contributed by atoms with Crippen molar-refractivity contribution in [1.82, 2.24) is 0 Å². The summed E-state index contributed by atoms with van der Waals surface area (Å²) in [5, 5.41) is 27.4. The van der Waals surface area contributed by atoms with Crippen LogP contribution in [0.15, 0.2) is 240 Å². The Morgan fingerprint density at radius 2 is 0.772 bits per heavy atom. The summed E-state index contributed by atoms with van der Waals surface area (Å²) in [6.07, 6.45) is 13.6. The summed E-state index contributed by atoms with van der Waals surface area (Å²) in [6, 6.07) is 76.9. The molecule has 0 fully saturated rings. The number of aliphatic hydroxyl groups excluding tert-OH is 2. The van der Waals surface area contributed by atoms with Gasteiger partial charge in [0.25, 0.3) is 0 Å². The number of hydrogen-bond donors (Lipinski definition) is 2. The van der Waals surface area contributed by atoms with Crippen molar-refractivity contribution in [2.24, 2.45) is 0 Å². The van der Waals surface area contributed by atoms with Crippen LogP contribution in [0, 0.1) is 0 Å². The van der Waals surface area contributed by atoms with Crippen LogP contribution in [0.25, 0.3) is 6.08 Å². The topological polar surface area (TPSA) is 40.5 Å². The van der Waals surface area contributed by atoms with Crippen molar-refractivity contribution < 1.29 is 26.2 Å². The molecule has 8 aromatic rings. The summed E-state index contributed by atoms with van der Waals surface area (Å²) >= 11 is 1.42. The molecule has 0 spiro atoms. The Bertz CT molecular complexity index is 2580. The molecule has 79 heavy (non-hydrogen) atoms. The van der Waals surface area contributed by atoms with Gasteiger partial charge in [-0.1, -0.05) is 229 Å². The molecule has 0 amide bonds. The summed E-state index contributed by atoms with van der Waals surface area (Å²) in [5.74, 6) is 0. The summed E-state index contributed by atoms with van der Waals surface area (Å²) in [5.41, 5.74) is 5.86. The van der Waals surface area contributed by atoms with Crippen LogP contribution in [0.1, 0.15) is 112 Å². The molecule has 8 aromatic carbocycles. The first-order valence-corrected chi connectivity index (χ1v) is 43.1. The van der Waals surface area contributed by atoms with Crippen molar-refractivity contribution in [2.45, 2.75) is 110 Å². The Hall–Kier alpha value is -3.46. The SMILES string of the molecule is C=Cc1ccc2c(c1)[C@H](O)CC2.C=[CH][Sn]([CH2]CCC)([CH2]CCC)[CH2]CCC.O[C@@H]1CCc2ccc(Br)cc21.[Cl][Pd][Cl].c1ccc(P(c2ccccc2)c2ccccc2)cc1.c1ccc(P(c2ccccc2)c2ccccc2)cc1. The van der Waals surface area contributed by atoms with Gasteiger partial charge in [-0.15, -0.1) is 0 Å². The Morgan fingerprint density at radius 1 is 0.481 bits per heavy atom. The maximum atomic E-state index is 9.57. The van der Waals surface area contributed by atoms with Crippen molar-refractivity contribution in [3.63, 3.8) is 0 Å². The summed E-state index contributed by atoms with van der Waals surface area (Å²) < 4.78 is 8.21. The zero-order chi connectivity index (χ0) is 56.5. The van der Waals surface area contributed by atoms with E-state index in [0.717, 1.165) is 46.8 Å². The molecule has 0 aliphatic heterocycles. The molecule has 0 saturated carbocycles. The van der Waals surface area contributed by atoms with Gasteiger partial charge < -0.3 is 10.2 Å². The Balaban J connectivity index is 0.000000182. The molecule has 10 rings (SSSR count). The van der Waals surface area contributed by atoms with Crippen LogP contribution in [-0.2, 0) is 28.8 Å². The van der Waals surface area contributed by atoms with E-state index in [-0.39, 0.29) is 28.1 Å². The van der Waals surface area contributed by atoms with Gasteiger partial charge in [0.05, 0.1) is 12.2 Å². The van der Waals surface area contributed by atoms with Gasteiger partial charge in [0.15, 0.2) is 0 Å². The van der Waals surface area contributed by atoms with Gasteiger partial charge in [0.2, 0.25) is 0 Å². The van der Waals surface area contributed by atoms with Crippen LogP contribution in [0.4, 0.5) is 0 Å².